The summed E-state index contributed by atoms with van der Waals surface area (Å²) in [5, 5.41) is 5.29. The zero-order valence-electron chi connectivity index (χ0n) is 15.6. The van der Waals surface area contributed by atoms with Gasteiger partial charge in [-0.05, 0) is 48.9 Å². The normalized spacial score (nSPS) is 10.6. The number of carbonyl (C=O) groups excluding carboxylic acids is 2. The fraction of sp³-hybridized carbons (Fsp3) is 0.200. The predicted octanol–water partition coefficient (Wildman–Crippen LogP) is 4.50. The van der Waals surface area contributed by atoms with E-state index in [1.165, 1.54) is 38.3 Å². The molecule has 0 radical (unpaired) electrons. The third-order valence-electron chi connectivity index (χ3n) is 3.51. The molecule has 2 aromatic carbocycles. The number of benzene rings is 2. The quantitative estimate of drug-likeness (QED) is 0.664. The smallest absolute Gasteiger partial charge is 0.248 e. The van der Waals surface area contributed by atoms with Gasteiger partial charge in [0.15, 0.2) is 11.5 Å². The molecule has 0 aliphatic rings. The van der Waals surface area contributed by atoms with Crippen LogP contribution in [0, 0.1) is 5.82 Å². The van der Waals surface area contributed by atoms with Crippen LogP contribution in [0.5, 0.6) is 11.5 Å². The Morgan fingerprint density at radius 3 is 2.61 bits per heavy atom. The number of rotatable bonds is 7. The van der Waals surface area contributed by atoms with Gasteiger partial charge in [-0.2, -0.15) is 0 Å². The van der Waals surface area contributed by atoms with E-state index in [4.69, 9.17) is 21.1 Å². The van der Waals surface area contributed by atoms with E-state index in [9.17, 15) is 14.0 Å². The summed E-state index contributed by atoms with van der Waals surface area (Å²) in [7, 11) is 1.49. The van der Waals surface area contributed by atoms with E-state index in [0.29, 0.717) is 34.4 Å². The van der Waals surface area contributed by atoms with E-state index in [1.807, 2.05) is 6.92 Å². The van der Waals surface area contributed by atoms with Crippen molar-refractivity contribution in [2.45, 2.75) is 13.8 Å². The van der Waals surface area contributed by atoms with Crippen molar-refractivity contribution < 1.29 is 23.5 Å². The first-order valence-electron chi connectivity index (χ1n) is 8.40. The molecule has 0 bridgehead atoms. The van der Waals surface area contributed by atoms with Crippen molar-refractivity contribution >= 4 is 40.9 Å². The second-order valence-corrected chi connectivity index (χ2v) is 6.07. The lowest BCUT2D eigenvalue weighted by Crippen LogP contribution is -2.11. The van der Waals surface area contributed by atoms with Crippen LogP contribution in [0.4, 0.5) is 15.8 Å². The Morgan fingerprint density at radius 1 is 1.21 bits per heavy atom. The summed E-state index contributed by atoms with van der Waals surface area (Å²) < 4.78 is 24.6. The molecule has 2 N–H and O–H groups in total. The maximum absolute atomic E-state index is 13.9. The lowest BCUT2D eigenvalue weighted by atomic mass is 10.2. The SMILES string of the molecule is CCOc1c(Cl)cc(/C=C/C(=O)Nc2cc(NC(C)=O)ccc2F)cc1OC. The molecule has 0 saturated heterocycles. The van der Waals surface area contributed by atoms with Crippen LogP contribution < -0.4 is 20.1 Å². The van der Waals surface area contributed by atoms with Gasteiger partial charge in [0.25, 0.3) is 0 Å². The molecular formula is C20H20ClFN2O4. The topological polar surface area (TPSA) is 76.7 Å². The number of amides is 2. The van der Waals surface area contributed by atoms with Gasteiger partial charge >= 0.3 is 0 Å². The number of methoxy groups -OCH3 is 1. The summed E-state index contributed by atoms with van der Waals surface area (Å²) in [5.74, 6) is -0.622. The summed E-state index contributed by atoms with van der Waals surface area (Å²) in [6.07, 6.45) is 2.74. The zero-order valence-corrected chi connectivity index (χ0v) is 16.4. The highest BCUT2D eigenvalue weighted by Crippen LogP contribution is 2.36. The van der Waals surface area contributed by atoms with Crippen molar-refractivity contribution in [2.75, 3.05) is 24.4 Å². The molecule has 0 aliphatic carbocycles. The second-order valence-electron chi connectivity index (χ2n) is 5.67. The van der Waals surface area contributed by atoms with Crippen molar-refractivity contribution in [2.24, 2.45) is 0 Å². The molecule has 0 unspecified atom stereocenters. The van der Waals surface area contributed by atoms with E-state index in [0.717, 1.165) is 6.07 Å². The number of nitrogens with one attached hydrogen (secondary N) is 2. The first kappa shape index (κ1) is 21.2. The summed E-state index contributed by atoms with van der Waals surface area (Å²) in [6.45, 7) is 3.59. The van der Waals surface area contributed by atoms with Crippen molar-refractivity contribution in [3.63, 3.8) is 0 Å². The maximum Gasteiger partial charge on any atom is 0.248 e. The summed E-state index contributed by atoms with van der Waals surface area (Å²) in [6, 6.07) is 7.17. The molecule has 2 rings (SSSR count). The molecule has 0 saturated carbocycles. The molecule has 0 heterocycles. The molecule has 148 valence electrons. The van der Waals surface area contributed by atoms with Crippen LogP contribution in [0.1, 0.15) is 19.4 Å². The predicted molar refractivity (Wildman–Crippen MR) is 108 cm³/mol. The minimum atomic E-state index is -0.623. The number of anilines is 2. The lowest BCUT2D eigenvalue weighted by Gasteiger charge is -2.12. The number of ether oxygens (including phenoxy) is 2. The molecule has 0 fully saturated rings. The van der Waals surface area contributed by atoms with Crippen LogP contribution >= 0.6 is 11.6 Å². The van der Waals surface area contributed by atoms with E-state index in [2.05, 4.69) is 10.6 Å². The van der Waals surface area contributed by atoms with Crippen LogP contribution in [-0.2, 0) is 9.59 Å². The van der Waals surface area contributed by atoms with Gasteiger partial charge in [-0.3, -0.25) is 9.59 Å². The number of hydrogen-bond acceptors (Lipinski definition) is 4. The Balaban J connectivity index is 2.16. The first-order valence-corrected chi connectivity index (χ1v) is 8.78. The summed E-state index contributed by atoms with van der Waals surface area (Å²) >= 11 is 6.19. The Hall–Kier alpha value is -3.06. The lowest BCUT2D eigenvalue weighted by molar-refractivity contribution is -0.114. The molecule has 6 nitrogen and oxygen atoms in total. The molecule has 0 aromatic heterocycles. The molecule has 0 spiro atoms. The molecule has 0 aliphatic heterocycles. The fourth-order valence-corrected chi connectivity index (χ4v) is 2.64. The number of carbonyl (C=O) groups is 2. The Labute approximate surface area is 167 Å². The van der Waals surface area contributed by atoms with Crippen LogP contribution in [0.2, 0.25) is 5.02 Å². The van der Waals surface area contributed by atoms with E-state index < -0.39 is 11.7 Å². The Bertz CT molecular complexity index is 915. The standard InChI is InChI=1S/C20H20ClFN2O4/c1-4-28-20-15(21)9-13(10-18(20)27-3)5-8-19(26)24-17-11-14(23-12(2)25)6-7-16(17)22/h5-11H,4H2,1-3H3,(H,23,25)(H,24,26)/b8-5+. The van der Waals surface area contributed by atoms with Gasteiger partial charge in [0.1, 0.15) is 5.82 Å². The van der Waals surface area contributed by atoms with E-state index in [-0.39, 0.29) is 11.6 Å². The van der Waals surface area contributed by atoms with Gasteiger partial charge in [0.2, 0.25) is 11.8 Å². The van der Waals surface area contributed by atoms with Crippen LogP contribution in [0.25, 0.3) is 6.08 Å². The van der Waals surface area contributed by atoms with E-state index >= 15 is 0 Å². The third kappa shape index (κ3) is 5.72. The van der Waals surface area contributed by atoms with Crippen molar-refractivity contribution in [1.29, 1.82) is 0 Å². The minimum absolute atomic E-state index is 0.0526. The molecule has 2 amide bonds. The van der Waals surface area contributed by atoms with Crippen molar-refractivity contribution in [3.8, 4) is 11.5 Å². The number of hydrogen-bond donors (Lipinski definition) is 2. The molecule has 2 aromatic rings. The van der Waals surface area contributed by atoms with Gasteiger partial charge < -0.3 is 20.1 Å². The second kappa shape index (κ2) is 9.75. The van der Waals surface area contributed by atoms with Crippen molar-refractivity contribution in [3.05, 3.63) is 52.8 Å². The average Bonchev–Trinajstić information content (AvgIpc) is 2.64. The van der Waals surface area contributed by atoms with Crippen LogP contribution in [0.15, 0.2) is 36.4 Å². The van der Waals surface area contributed by atoms with Crippen LogP contribution in [-0.4, -0.2) is 25.5 Å². The monoisotopic (exact) mass is 406 g/mol. The maximum atomic E-state index is 13.9. The molecule has 0 atom stereocenters. The Morgan fingerprint density at radius 2 is 1.96 bits per heavy atom. The van der Waals surface area contributed by atoms with Gasteiger partial charge in [0, 0.05) is 18.7 Å². The summed E-state index contributed by atoms with van der Waals surface area (Å²) in [4.78, 5) is 23.2. The van der Waals surface area contributed by atoms with E-state index in [1.54, 1.807) is 12.1 Å². The highest BCUT2D eigenvalue weighted by molar-refractivity contribution is 6.32. The molecule has 28 heavy (non-hydrogen) atoms. The fourth-order valence-electron chi connectivity index (χ4n) is 2.37. The molecular weight excluding hydrogens is 387 g/mol. The highest BCUT2D eigenvalue weighted by atomic mass is 35.5. The molecule has 8 heteroatoms. The van der Waals surface area contributed by atoms with Crippen LogP contribution in [0.3, 0.4) is 0 Å². The average molecular weight is 407 g/mol. The minimum Gasteiger partial charge on any atom is -0.493 e. The van der Waals surface area contributed by atoms with Gasteiger partial charge in [-0.25, -0.2) is 4.39 Å². The zero-order chi connectivity index (χ0) is 20.7. The highest BCUT2D eigenvalue weighted by Gasteiger charge is 2.11. The largest absolute Gasteiger partial charge is 0.493 e. The summed E-state index contributed by atoms with van der Waals surface area (Å²) in [5.41, 5.74) is 0.923. The first-order chi connectivity index (χ1) is 13.3. The van der Waals surface area contributed by atoms with Gasteiger partial charge in [0.05, 0.1) is 24.4 Å². The number of halogens is 2. The van der Waals surface area contributed by atoms with Gasteiger partial charge in [-0.1, -0.05) is 11.6 Å². The van der Waals surface area contributed by atoms with Gasteiger partial charge in [-0.15, -0.1) is 0 Å². The third-order valence-corrected chi connectivity index (χ3v) is 3.79. The van der Waals surface area contributed by atoms with Crippen molar-refractivity contribution in [1.82, 2.24) is 0 Å². The Kier molecular flexibility index (Phi) is 7.40.